The van der Waals surface area contributed by atoms with Crippen LogP contribution in [-0.2, 0) is 19.1 Å². The van der Waals surface area contributed by atoms with Crippen molar-refractivity contribution in [2.24, 2.45) is 0 Å². The minimum Gasteiger partial charge on any atom is -0.478 e. The molecule has 1 unspecified atom stereocenters. The zero-order valence-corrected chi connectivity index (χ0v) is 11.8. The molecule has 1 heterocycles. The lowest BCUT2D eigenvalue weighted by atomic mass is 10.0. The average Bonchev–Trinajstić information content (AvgIpc) is 2.41. The first-order valence-corrected chi connectivity index (χ1v) is 6.13. The van der Waals surface area contributed by atoms with E-state index in [1.165, 1.54) is 0 Å². The van der Waals surface area contributed by atoms with Crippen LogP contribution in [0, 0.1) is 5.82 Å². The lowest BCUT2D eigenvalue weighted by molar-refractivity contribution is -0.146. The second kappa shape index (κ2) is 7.39. The molecule has 0 saturated carbocycles. The highest BCUT2D eigenvalue weighted by molar-refractivity contribution is 6.20. The molecule has 1 aromatic heterocycles. The Morgan fingerprint density at radius 1 is 1.41 bits per heavy atom. The summed E-state index contributed by atoms with van der Waals surface area (Å²) >= 11 is 0. The number of aromatic nitrogens is 1. The summed E-state index contributed by atoms with van der Waals surface area (Å²) < 4.78 is 31.5. The standard InChI is InChI=1S/C14H13F2NO5/c1-7(15)13-9(4-17-5-11(13)16)3-10(14(20)21)12(19)6-22-8(2)18/h3-5,7H,6H2,1-2H3,(H,20,21)/b10-3+. The van der Waals surface area contributed by atoms with Gasteiger partial charge in [-0.1, -0.05) is 0 Å². The number of carbonyl (C=O) groups is 3. The van der Waals surface area contributed by atoms with Gasteiger partial charge in [-0.2, -0.15) is 0 Å². The Hall–Kier alpha value is -2.64. The topological polar surface area (TPSA) is 93.6 Å². The number of alkyl halides is 1. The fourth-order valence-electron chi connectivity index (χ4n) is 1.66. The molecule has 0 fully saturated rings. The van der Waals surface area contributed by atoms with Gasteiger partial charge >= 0.3 is 11.9 Å². The number of nitrogens with zero attached hydrogens (tertiary/aromatic N) is 1. The number of ketones is 1. The van der Waals surface area contributed by atoms with E-state index in [2.05, 4.69) is 9.72 Å². The van der Waals surface area contributed by atoms with Gasteiger partial charge in [0.05, 0.1) is 6.20 Å². The summed E-state index contributed by atoms with van der Waals surface area (Å²) in [4.78, 5) is 37.0. The van der Waals surface area contributed by atoms with Crippen molar-refractivity contribution in [3.8, 4) is 0 Å². The molecule has 0 aliphatic heterocycles. The van der Waals surface area contributed by atoms with Crippen molar-refractivity contribution in [1.82, 2.24) is 4.98 Å². The van der Waals surface area contributed by atoms with Gasteiger partial charge in [-0.25, -0.2) is 13.6 Å². The molecule has 1 rings (SSSR count). The van der Waals surface area contributed by atoms with Gasteiger partial charge in [0, 0.05) is 24.2 Å². The molecule has 118 valence electrons. The smallest absolute Gasteiger partial charge is 0.339 e. The maximum atomic E-state index is 13.6. The Morgan fingerprint density at radius 2 is 2.05 bits per heavy atom. The third-order valence-corrected chi connectivity index (χ3v) is 2.60. The maximum absolute atomic E-state index is 13.6. The number of hydrogen-bond donors (Lipinski definition) is 1. The van der Waals surface area contributed by atoms with Crippen LogP contribution in [-0.4, -0.2) is 34.4 Å². The van der Waals surface area contributed by atoms with Crippen molar-refractivity contribution in [2.45, 2.75) is 20.0 Å². The molecule has 0 aliphatic rings. The van der Waals surface area contributed by atoms with E-state index >= 15 is 0 Å². The number of hydrogen-bond acceptors (Lipinski definition) is 5. The van der Waals surface area contributed by atoms with Crippen molar-refractivity contribution >= 4 is 23.8 Å². The average molecular weight is 313 g/mol. The summed E-state index contributed by atoms with van der Waals surface area (Å²) in [5, 5.41) is 9.03. The lowest BCUT2D eigenvalue weighted by Gasteiger charge is -2.09. The van der Waals surface area contributed by atoms with Crippen molar-refractivity contribution in [2.75, 3.05) is 6.61 Å². The van der Waals surface area contributed by atoms with E-state index in [0.717, 1.165) is 32.3 Å². The number of ether oxygens (including phenoxy) is 1. The van der Waals surface area contributed by atoms with Gasteiger partial charge in [0.15, 0.2) is 6.61 Å². The van der Waals surface area contributed by atoms with Gasteiger partial charge in [-0.15, -0.1) is 0 Å². The van der Waals surface area contributed by atoms with E-state index in [1.54, 1.807) is 0 Å². The zero-order chi connectivity index (χ0) is 16.9. The van der Waals surface area contributed by atoms with Gasteiger partial charge in [-0.3, -0.25) is 14.6 Å². The first-order chi connectivity index (χ1) is 10.2. The first-order valence-electron chi connectivity index (χ1n) is 6.13. The van der Waals surface area contributed by atoms with Gasteiger partial charge < -0.3 is 9.84 Å². The molecule has 0 saturated heterocycles. The Labute approximate surface area is 124 Å². The Bertz CT molecular complexity index is 640. The molecular formula is C14H13F2NO5. The van der Waals surface area contributed by atoms with E-state index in [-0.39, 0.29) is 5.56 Å². The lowest BCUT2D eigenvalue weighted by Crippen LogP contribution is -2.19. The van der Waals surface area contributed by atoms with Crippen LogP contribution in [0.2, 0.25) is 0 Å². The fourth-order valence-corrected chi connectivity index (χ4v) is 1.66. The van der Waals surface area contributed by atoms with Crippen LogP contribution < -0.4 is 0 Å². The molecule has 0 amide bonds. The predicted octanol–water partition coefficient (Wildman–Crippen LogP) is 1.85. The first kappa shape index (κ1) is 17.4. The number of carbonyl (C=O) groups excluding carboxylic acids is 2. The van der Waals surface area contributed by atoms with Crippen LogP contribution in [0.1, 0.15) is 31.1 Å². The summed E-state index contributed by atoms with van der Waals surface area (Å²) in [6.45, 7) is 1.34. The summed E-state index contributed by atoms with van der Waals surface area (Å²) in [5.74, 6) is -4.34. The molecule has 8 heteroatoms. The Balaban J connectivity index is 3.25. The molecule has 0 aromatic carbocycles. The summed E-state index contributed by atoms with van der Waals surface area (Å²) in [7, 11) is 0. The van der Waals surface area contributed by atoms with Crippen molar-refractivity contribution in [1.29, 1.82) is 0 Å². The zero-order valence-electron chi connectivity index (χ0n) is 11.8. The van der Waals surface area contributed by atoms with Gasteiger partial charge in [-0.05, 0) is 13.0 Å². The molecule has 0 aliphatic carbocycles. The van der Waals surface area contributed by atoms with Crippen LogP contribution in [0.25, 0.3) is 6.08 Å². The third-order valence-electron chi connectivity index (χ3n) is 2.60. The highest BCUT2D eigenvalue weighted by atomic mass is 19.1. The number of Topliss-reactive ketones (excluding diaryl/α,β-unsaturated/α-hetero) is 1. The predicted molar refractivity (Wildman–Crippen MR) is 71.0 cm³/mol. The number of aliphatic carboxylic acids is 1. The van der Waals surface area contributed by atoms with Crippen molar-refractivity contribution in [3.63, 3.8) is 0 Å². The Morgan fingerprint density at radius 3 is 2.55 bits per heavy atom. The molecule has 1 atom stereocenters. The number of carboxylic acids is 1. The van der Waals surface area contributed by atoms with Crippen LogP contribution in [0.4, 0.5) is 8.78 Å². The minimum atomic E-state index is -1.73. The van der Waals surface area contributed by atoms with E-state index < -0.39 is 47.5 Å². The SMILES string of the molecule is CC(=O)OCC(=O)/C(=C\c1cncc(F)c1C(C)F)C(=O)O. The number of pyridine rings is 1. The monoisotopic (exact) mass is 313 g/mol. The fraction of sp³-hybridized carbons (Fsp3) is 0.286. The number of rotatable bonds is 6. The second-order valence-corrected chi connectivity index (χ2v) is 4.31. The maximum Gasteiger partial charge on any atom is 0.339 e. The largest absolute Gasteiger partial charge is 0.478 e. The van der Waals surface area contributed by atoms with Crippen molar-refractivity contribution in [3.05, 3.63) is 34.9 Å². The minimum absolute atomic E-state index is 0.177. The molecule has 1 aromatic rings. The molecule has 6 nitrogen and oxygen atoms in total. The second-order valence-electron chi connectivity index (χ2n) is 4.31. The summed E-state index contributed by atoms with van der Waals surface area (Å²) in [5.41, 5.74) is -1.35. The highest BCUT2D eigenvalue weighted by Gasteiger charge is 2.21. The van der Waals surface area contributed by atoms with E-state index in [1.807, 2.05) is 0 Å². The molecule has 0 bridgehead atoms. The summed E-state index contributed by atoms with van der Waals surface area (Å²) in [6, 6.07) is 0. The normalized spacial score (nSPS) is 12.6. The van der Waals surface area contributed by atoms with Gasteiger partial charge in [0.1, 0.15) is 17.6 Å². The number of halogens is 2. The van der Waals surface area contributed by atoms with Gasteiger partial charge in [0.2, 0.25) is 5.78 Å². The number of esters is 1. The van der Waals surface area contributed by atoms with E-state index in [9.17, 15) is 23.2 Å². The van der Waals surface area contributed by atoms with Crippen LogP contribution in [0.5, 0.6) is 0 Å². The molecule has 1 N–H and O–H groups in total. The highest BCUT2D eigenvalue weighted by Crippen LogP contribution is 2.25. The molecule has 0 spiro atoms. The third kappa shape index (κ3) is 4.44. The molecule has 22 heavy (non-hydrogen) atoms. The van der Waals surface area contributed by atoms with E-state index in [4.69, 9.17) is 5.11 Å². The van der Waals surface area contributed by atoms with Gasteiger partial charge in [0.25, 0.3) is 0 Å². The van der Waals surface area contributed by atoms with E-state index in [0.29, 0.717) is 0 Å². The van der Waals surface area contributed by atoms with Crippen LogP contribution >= 0.6 is 0 Å². The quantitative estimate of drug-likeness (QED) is 0.373. The number of carboxylic acid groups (broad SMARTS) is 1. The summed E-state index contributed by atoms with van der Waals surface area (Å²) in [6.07, 6.45) is 0.892. The molecular weight excluding hydrogens is 300 g/mol. The Kier molecular flexibility index (Phi) is 5.85. The van der Waals surface area contributed by atoms with Crippen LogP contribution in [0.15, 0.2) is 18.0 Å². The van der Waals surface area contributed by atoms with Crippen molar-refractivity contribution < 1.29 is 33.0 Å². The van der Waals surface area contributed by atoms with Crippen LogP contribution in [0.3, 0.4) is 0 Å². The molecule has 0 radical (unpaired) electrons.